The number of pyridine rings is 1. The fourth-order valence-corrected chi connectivity index (χ4v) is 4.56. The molecule has 1 atom stereocenters. The molecule has 0 aliphatic rings. The lowest BCUT2D eigenvalue weighted by Crippen LogP contribution is -2.27. The van der Waals surface area contributed by atoms with Crippen molar-refractivity contribution in [2.24, 2.45) is 0 Å². The van der Waals surface area contributed by atoms with E-state index in [2.05, 4.69) is 37.6 Å². The Bertz CT molecular complexity index is 1210. The molecule has 2 N–H and O–H groups in total. The predicted octanol–water partition coefficient (Wildman–Crippen LogP) is 4.05. The largest absolute Gasteiger partial charge is 0.469 e. The third kappa shape index (κ3) is 6.20. The average Bonchev–Trinajstić information content (AvgIpc) is 3.18. The molecule has 0 aliphatic carbocycles. The molecule has 3 rings (SSSR count). The van der Waals surface area contributed by atoms with E-state index >= 15 is 0 Å². The van der Waals surface area contributed by atoms with Gasteiger partial charge < -0.3 is 14.5 Å². The monoisotopic (exact) mass is 599 g/mol. The molecule has 11 heteroatoms. The van der Waals surface area contributed by atoms with Crippen LogP contribution in [0.25, 0.3) is 22.4 Å². The van der Waals surface area contributed by atoms with Gasteiger partial charge in [0.1, 0.15) is 5.76 Å². The van der Waals surface area contributed by atoms with E-state index in [-0.39, 0.29) is 30.6 Å². The maximum Gasteiger partial charge on any atom is 0.305 e. The van der Waals surface area contributed by atoms with Crippen LogP contribution in [0.15, 0.2) is 34.7 Å². The van der Waals surface area contributed by atoms with Crippen LogP contribution < -0.4 is 5.32 Å². The predicted molar refractivity (Wildman–Crippen MR) is 137 cm³/mol. The van der Waals surface area contributed by atoms with Gasteiger partial charge >= 0.3 is 5.97 Å². The molecule has 34 heavy (non-hydrogen) atoms. The molecule has 0 fully saturated rings. The van der Waals surface area contributed by atoms with Crippen molar-refractivity contribution in [1.82, 2.24) is 14.6 Å². The van der Waals surface area contributed by atoms with Crippen molar-refractivity contribution in [1.29, 1.82) is 0 Å². The Hall–Kier alpha value is -2.35. The molecule has 1 aromatic carbocycles. The Labute approximate surface area is 213 Å². The molecule has 0 aliphatic heterocycles. The zero-order chi connectivity index (χ0) is 24.8. The quantitative estimate of drug-likeness (QED) is 0.156. The van der Waals surface area contributed by atoms with Gasteiger partial charge in [-0.1, -0.05) is 29.8 Å². The van der Waals surface area contributed by atoms with Gasteiger partial charge in [-0.15, -0.1) is 0 Å². The number of aromatic nitrogens is 1. The minimum Gasteiger partial charge on any atom is -0.469 e. The number of carbonyl (C=O) groups excluding carboxylic acids is 2. The molecule has 2 heterocycles. The molecular weight excluding hydrogens is 573 g/mol. The normalized spacial score (nSPS) is 12.2. The number of hydrogen-bond donors (Lipinski definition) is 2. The van der Waals surface area contributed by atoms with Gasteiger partial charge in [0.15, 0.2) is 0 Å². The number of benzene rings is 1. The summed E-state index contributed by atoms with van der Waals surface area (Å²) in [5.41, 5.74) is 3.06. The van der Waals surface area contributed by atoms with Crippen molar-refractivity contribution in [2.75, 3.05) is 20.7 Å². The summed E-state index contributed by atoms with van der Waals surface area (Å²) in [7, 11) is 2.89. The fraction of sp³-hybridized carbons (Fsp3) is 0.348. The third-order valence-electron chi connectivity index (χ3n) is 5.29. The van der Waals surface area contributed by atoms with Crippen LogP contribution in [0.2, 0.25) is 0 Å². The van der Waals surface area contributed by atoms with E-state index < -0.39 is 11.3 Å². The van der Waals surface area contributed by atoms with Gasteiger partial charge in [0.2, 0.25) is 17.0 Å². The average molecular weight is 599 g/mol. The van der Waals surface area contributed by atoms with E-state index in [0.29, 0.717) is 41.8 Å². The van der Waals surface area contributed by atoms with E-state index in [9.17, 15) is 18.4 Å². The van der Waals surface area contributed by atoms with Crippen LogP contribution in [-0.4, -0.2) is 50.6 Å². The van der Waals surface area contributed by atoms with Crippen LogP contribution >= 0.6 is 22.6 Å². The maximum atomic E-state index is 12.7. The molecule has 9 nitrogen and oxygen atoms in total. The second kappa shape index (κ2) is 11.9. The Balaban J connectivity index is 1.92. The SMILES string of the molecule is CNC(=O)c1c(-c2ccc(C)cc2)oc2nc(CN(CCCCC(=O)OC)S(=O)O)c(I)cc12. The number of nitrogens with zero attached hydrogens (tertiary/aromatic N) is 2. The number of aryl methyl sites for hydroxylation is 1. The standard InChI is InChI=1S/C23H26IN3O6S/c1-14-7-9-15(10-8-14)21-20(22(29)25-2)16-12-17(24)18(26-23(16)33-21)13-27(34(30)31)11-5-4-6-19(28)32-3/h7-10,12H,4-6,11,13H2,1-3H3,(H,25,29)(H,30,31). The first-order valence-electron chi connectivity index (χ1n) is 10.6. The number of methoxy groups -OCH3 is 1. The number of carbonyl (C=O) groups is 2. The van der Waals surface area contributed by atoms with Crippen molar-refractivity contribution in [3.63, 3.8) is 0 Å². The highest BCUT2D eigenvalue weighted by molar-refractivity contribution is 14.1. The minimum absolute atomic E-state index is 0.103. The Morgan fingerprint density at radius 3 is 2.59 bits per heavy atom. The number of hydrogen-bond acceptors (Lipinski definition) is 6. The zero-order valence-electron chi connectivity index (χ0n) is 19.1. The zero-order valence-corrected chi connectivity index (χ0v) is 22.1. The smallest absolute Gasteiger partial charge is 0.305 e. The number of ether oxygens (including phenoxy) is 1. The summed E-state index contributed by atoms with van der Waals surface area (Å²) in [6.07, 6.45) is 1.33. The van der Waals surface area contributed by atoms with Gasteiger partial charge in [0, 0.05) is 29.1 Å². The van der Waals surface area contributed by atoms with Crippen molar-refractivity contribution in [3.05, 3.63) is 50.7 Å². The highest BCUT2D eigenvalue weighted by atomic mass is 127. The van der Waals surface area contributed by atoms with Crippen LogP contribution in [0.5, 0.6) is 0 Å². The van der Waals surface area contributed by atoms with E-state index in [1.54, 1.807) is 13.1 Å². The second-order valence-corrected chi connectivity index (χ2v) is 9.79. The summed E-state index contributed by atoms with van der Waals surface area (Å²) < 4.78 is 34.4. The van der Waals surface area contributed by atoms with Crippen LogP contribution in [0, 0.1) is 10.5 Å². The first kappa shape index (κ1) is 26.3. The van der Waals surface area contributed by atoms with Gasteiger partial charge in [0.25, 0.3) is 5.91 Å². The summed E-state index contributed by atoms with van der Waals surface area (Å²) >= 11 is -0.123. The highest BCUT2D eigenvalue weighted by Gasteiger charge is 2.24. The summed E-state index contributed by atoms with van der Waals surface area (Å²) in [5.74, 6) is -0.184. The highest BCUT2D eigenvalue weighted by Crippen LogP contribution is 2.34. The van der Waals surface area contributed by atoms with Gasteiger partial charge in [-0.3, -0.25) is 14.1 Å². The molecule has 182 valence electrons. The molecule has 0 bridgehead atoms. The van der Waals surface area contributed by atoms with E-state index in [4.69, 9.17) is 4.42 Å². The number of furan rings is 1. The molecule has 0 saturated carbocycles. The van der Waals surface area contributed by atoms with Gasteiger partial charge in [0.05, 0.1) is 30.3 Å². The molecule has 1 unspecified atom stereocenters. The summed E-state index contributed by atoms with van der Waals surface area (Å²) in [6.45, 7) is 2.38. The topological polar surface area (TPSA) is 122 Å². The van der Waals surface area contributed by atoms with Crippen molar-refractivity contribution in [3.8, 4) is 11.3 Å². The van der Waals surface area contributed by atoms with E-state index in [0.717, 1.165) is 14.7 Å². The molecule has 0 radical (unpaired) electrons. The Morgan fingerprint density at radius 1 is 1.26 bits per heavy atom. The lowest BCUT2D eigenvalue weighted by Gasteiger charge is -2.17. The number of halogens is 1. The lowest BCUT2D eigenvalue weighted by atomic mass is 10.0. The van der Waals surface area contributed by atoms with Gasteiger partial charge in [-0.2, -0.15) is 4.31 Å². The second-order valence-electron chi connectivity index (χ2n) is 7.65. The first-order chi connectivity index (χ1) is 16.2. The summed E-state index contributed by atoms with van der Waals surface area (Å²) in [4.78, 5) is 28.6. The van der Waals surface area contributed by atoms with Crippen LogP contribution in [-0.2, 0) is 27.3 Å². The summed E-state index contributed by atoms with van der Waals surface area (Å²) in [6, 6.07) is 9.45. The number of rotatable bonds is 10. The number of unbranched alkanes of at least 4 members (excludes halogenated alkanes) is 1. The van der Waals surface area contributed by atoms with Crippen LogP contribution in [0.4, 0.5) is 0 Å². The molecule has 0 spiro atoms. The molecular formula is C23H26IN3O6S. The Kier molecular flexibility index (Phi) is 9.17. The lowest BCUT2D eigenvalue weighted by molar-refractivity contribution is -0.140. The van der Waals surface area contributed by atoms with Crippen LogP contribution in [0.1, 0.15) is 40.9 Å². The number of nitrogens with one attached hydrogen (secondary N) is 1. The van der Waals surface area contributed by atoms with E-state index in [1.807, 2.05) is 31.2 Å². The van der Waals surface area contributed by atoms with Gasteiger partial charge in [-0.25, -0.2) is 9.19 Å². The molecule has 1 amide bonds. The number of amides is 1. The molecule has 3 aromatic rings. The van der Waals surface area contributed by atoms with Crippen LogP contribution in [0.3, 0.4) is 0 Å². The van der Waals surface area contributed by atoms with E-state index in [1.165, 1.54) is 11.4 Å². The fourth-order valence-electron chi connectivity index (χ4n) is 3.44. The van der Waals surface area contributed by atoms with Crippen molar-refractivity contribution < 1.29 is 27.5 Å². The maximum absolute atomic E-state index is 12.7. The number of esters is 1. The Morgan fingerprint density at radius 2 is 1.97 bits per heavy atom. The molecule has 0 saturated heterocycles. The van der Waals surface area contributed by atoms with Gasteiger partial charge in [-0.05, 0) is 48.4 Å². The summed E-state index contributed by atoms with van der Waals surface area (Å²) in [5, 5.41) is 3.23. The van der Waals surface area contributed by atoms with Crippen molar-refractivity contribution in [2.45, 2.75) is 32.7 Å². The van der Waals surface area contributed by atoms with Crippen molar-refractivity contribution >= 4 is 56.8 Å². The molecule has 2 aromatic heterocycles. The number of fused-ring (bicyclic) bond motifs is 1. The minimum atomic E-state index is -2.22. The third-order valence-corrected chi connectivity index (χ3v) is 6.98. The first-order valence-corrected chi connectivity index (χ1v) is 12.7.